The van der Waals surface area contributed by atoms with Gasteiger partial charge < -0.3 is 19.3 Å². The van der Waals surface area contributed by atoms with Crippen molar-refractivity contribution >= 4 is 24.1 Å². The van der Waals surface area contributed by atoms with Crippen LogP contribution in [0, 0.1) is 0 Å². The summed E-state index contributed by atoms with van der Waals surface area (Å²) in [6, 6.07) is 16.4. The van der Waals surface area contributed by atoms with Crippen molar-refractivity contribution < 1.29 is 28.9 Å². The van der Waals surface area contributed by atoms with Gasteiger partial charge in [0.05, 0.1) is 13.2 Å². The molecule has 0 aliphatic carbocycles. The Kier molecular flexibility index (Phi) is 9.33. The number of allylic oxidation sites excluding steroid dienone is 1. The average Bonchev–Trinajstić information content (AvgIpc) is 3.22. The maximum atomic E-state index is 12.1. The van der Waals surface area contributed by atoms with Crippen LogP contribution in [0.5, 0.6) is 5.75 Å². The number of hydrogen-bond donors (Lipinski definition) is 1. The van der Waals surface area contributed by atoms with Crippen LogP contribution in [0.25, 0.3) is 12.2 Å². The Bertz CT molecular complexity index is 1130. The molecule has 0 saturated carbocycles. The van der Waals surface area contributed by atoms with Crippen molar-refractivity contribution in [3.63, 3.8) is 0 Å². The number of esters is 2. The first-order valence-electron chi connectivity index (χ1n) is 12.7. The minimum Gasteiger partial charge on any atom is -0.494 e. The van der Waals surface area contributed by atoms with Gasteiger partial charge in [0.2, 0.25) is 0 Å². The van der Waals surface area contributed by atoms with E-state index in [1.165, 1.54) is 5.56 Å². The number of hydrogen-bond acceptors (Lipinski definition) is 6. The van der Waals surface area contributed by atoms with E-state index in [9.17, 15) is 14.7 Å². The minimum absolute atomic E-state index is 0.142. The van der Waals surface area contributed by atoms with Gasteiger partial charge in [-0.15, -0.1) is 0 Å². The van der Waals surface area contributed by atoms with Gasteiger partial charge in [-0.1, -0.05) is 74.9 Å². The summed E-state index contributed by atoms with van der Waals surface area (Å²) in [6.45, 7) is 10.0. The number of rotatable bonds is 10. The molecule has 0 unspecified atom stereocenters. The van der Waals surface area contributed by atoms with Crippen LogP contribution >= 0.6 is 0 Å². The van der Waals surface area contributed by atoms with E-state index in [4.69, 9.17) is 14.2 Å². The standard InChI is InChI=1S/C31H38O6/c1-22(2)27-19-31(20-32,37-29(27)34)21-36-28(33)7-6-18-35-26-16-12-24(13-17-26)9-8-23-10-14-25(15-11-23)30(3,4)5/h8-17,32H,6-7,18-21H2,1-5H3/t31-/m0/s1. The van der Waals surface area contributed by atoms with E-state index in [2.05, 4.69) is 57.2 Å². The van der Waals surface area contributed by atoms with Gasteiger partial charge in [-0.25, -0.2) is 4.79 Å². The molecular formula is C31H38O6. The van der Waals surface area contributed by atoms with E-state index in [1.54, 1.807) is 0 Å². The van der Waals surface area contributed by atoms with Crippen LogP contribution < -0.4 is 4.74 Å². The topological polar surface area (TPSA) is 82.1 Å². The fourth-order valence-electron chi connectivity index (χ4n) is 3.94. The van der Waals surface area contributed by atoms with Crippen molar-refractivity contribution in [3.8, 4) is 5.75 Å². The van der Waals surface area contributed by atoms with Gasteiger partial charge >= 0.3 is 11.9 Å². The number of ether oxygens (including phenoxy) is 3. The minimum atomic E-state index is -1.19. The number of aliphatic hydroxyl groups excluding tert-OH is 1. The van der Waals surface area contributed by atoms with E-state index in [0.717, 1.165) is 22.4 Å². The molecule has 0 spiro atoms. The SMILES string of the molecule is CC(C)=C1C[C@](CO)(COC(=O)CCCOc2ccc(C=Cc3ccc(C(C)(C)C)cc3)cc2)OC1=O. The number of cyclic esters (lactones) is 1. The maximum absolute atomic E-state index is 12.1. The predicted molar refractivity (Wildman–Crippen MR) is 145 cm³/mol. The summed E-state index contributed by atoms with van der Waals surface area (Å²) in [7, 11) is 0. The molecule has 1 aliphatic heterocycles. The van der Waals surface area contributed by atoms with Gasteiger partial charge in [0, 0.05) is 18.4 Å². The second-order valence-electron chi connectivity index (χ2n) is 10.8. The third kappa shape index (κ3) is 8.05. The molecule has 37 heavy (non-hydrogen) atoms. The Balaban J connectivity index is 1.39. The summed E-state index contributed by atoms with van der Waals surface area (Å²) in [6.07, 6.45) is 5.03. The fourth-order valence-corrected chi connectivity index (χ4v) is 3.94. The summed E-state index contributed by atoms with van der Waals surface area (Å²) < 4.78 is 16.4. The molecule has 0 aromatic heterocycles. The highest BCUT2D eigenvalue weighted by Gasteiger charge is 2.45. The molecule has 1 saturated heterocycles. The Hall–Kier alpha value is -3.38. The van der Waals surface area contributed by atoms with Gasteiger partial charge in [-0.05, 0) is 54.5 Å². The Labute approximate surface area is 219 Å². The summed E-state index contributed by atoms with van der Waals surface area (Å²) in [5, 5.41) is 9.72. The molecule has 2 aromatic carbocycles. The second-order valence-corrected chi connectivity index (χ2v) is 10.8. The largest absolute Gasteiger partial charge is 0.494 e. The van der Waals surface area contributed by atoms with E-state index in [-0.39, 0.29) is 24.9 Å². The molecule has 2 aromatic rings. The van der Waals surface area contributed by atoms with Crippen LogP contribution in [-0.2, 0) is 24.5 Å². The number of aliphatic hydroxyl groups is 1. The lowest BCUT2D eigenvalue weighted by Gasteiger charge is -2.24. The van der Waals surface area contributed by atoms with Crippen molar-refractivity contribution in [3.05, 3.63) is 76.4 Å². The molecular weight excluding hydrogens is 468 g/mol. The van der Waals surface area contributed by atoms with Crippen LogP contribution in [0.1, 0.15) is 70.6 Å². The van der Waals surface area contributed by atoms with Crippen molar-refractivity contribution in [1.82, 2.24) is 0 Å². The highest BCUT2D eigenvalue weighted by Crippen LogP contribution is 2.33. The van der Waals surface area contributed by atoms with Crippen molar-refractivity contribution in [2.45, 2.75) is 64.9 Å². The summed E-state index contributed by atoms with van der Waals surface area (Å²) in [5.74, 6) is -0.157. The van der Waals surface area contributed by atoms with E-state index in [1.807, 2.05) is 38.1 Å². The number of carbonyl (C=O) groups is 2. The fraction of sp³-hybridized carbons (Fsp3) is 0.419. The zero-order valence-corrected chi connectivity index (χ0v) is 22.5. The van der Waals surface area contributed by atoms with Gasteiger partial charge in [0.1, 0.15) is 12.4 Å². The number of benzene rings is 2. The molecule has 0 radical (unpaired) electrons. The molecule has 1 aliphatic rings. The lowest BCUT2D eigenvalue weighted by Crippen LogP contribution is -2.39. The second kappa shape index (κ2) is 12.2. The van der Waals surface area contributed by atoms with Crippen molar-refractivity contribution in [2.75, 3.05) is 19.8 Å². The van der Waals surface area contributed by atoms with E-state index >= 15 is 0 Å². The molecule has 3 rings (SSSR count). The number of carbonyl (C=O) groups excluding carboxylic acids is 2. The van der Waals surface area contributed by atoms with Gasteiger partial charge in [0.15, 0.2) is 5.60 Å². The molecule has 1 heterocycles. The molecule has 198 valence electrons. The molecule has 0 bridgehead atoms. The zero-order valence-electron chi connectivity index (χ0n) is 22.5. The molecule has 1 fully saturated rings. The lowest BCUT2D eigenvalue weighted by atomic mass is 9.87. The summed E-state index contributed by atoms with van der Waals surface area (Å²) >= 11 is 0. The third-order valence-electron chi connectivity index (χ3n) is 6.36. The smallest absolute Gasteiger partial charge is 0.334 e. The van der Waals surface area contributed by atoms with Crippen LogP contribution in [-0.4, -0.2) is 42.5 Å². The van der Waals surface area contributed by atoms with E-state index in [0.29, 0.717) is 18.6 Å². The highest BCUT2D eigenvalue weighted by molar-refractivity contribution is 5.92. The normalized spacial score (nSPS) is 17.7. The Morgan fingerprint density at radius 3 is 2.14 bits per heavy atom. The summed E-state index contributed by atoms with van der Waals surface area (Å²) in [5.41, 5.74) is 3.83. The molecule has 0 amide bonds. The quantitative estimate of drug-likeness (QED) is 0.188. The monoisotopic (exact) mass is 506 g/mol. The van der Waals surface area contributed by atoms with Crippen molar-refractivity contribution in [1.29, 1.82) is 0 Å². The zero-order chi connectivity index (χ0) is 27.1. The molecule has 1 N–H and O–H groups in total. The first-order valence-corrected chi connectivity index (χ1v) is 12.7. The van der Waals surface area contributed by atoms with Crippen LogP contribution in [0.3, 0.4) is 0 Å². The lowest BCUT2D eigenvalue weighted by molar-refractivity contribution is -0.166. The summed E-state index contributed by atoms with van der Waals surface area (Å²) in [4.78, 5) is 24.1. The van der Waals surface area contributed by atoms with Gasteiger partial charge in [0.25, 0.3) is 0 Å². The van der Waals surface area contributed by atoms with Crippen LogP contribution in [0.2, 0.25) is 0 Å². The molecule has 6 heteroatoms. The predicted octanol–water partition coefficient (Wildman–Crippen LogP) is 5.87. The van der Waals surface area contributed by atoms with E-state index < -0.39 is 24.1 Å². The highest BCUT2D eigenvalue weighted by atomic mass is 16.6. The van der Waals surface area contributed by atoms with Crippen LogP contribution in [0.4, 0.5) is 0 Å². The van der Waals surface area contributed by atoms with Crippen LogP contribution in [0.15, 0.2) is 59.7 Å². The Morgan fingerprint density at radius 2 is 1.62 bits per heavy atom. The third-order valence-corrected chi connectivity index (χ3v) is 6.36. The first-order chi connectivity index (χ1) is 17.5. The van der Waals surface area contributed by atoms with Gasteiger partial charge in [-0.2, -0.15) is 0 Å². The first kappa shape index (κ1) is 28.2. The van der Waals surface area contributed by atoms with Gasteiger partial charge in [-0.3, -0.25) is 4.79 Å². The molecule has 6 nitrogen and oxygen atoms in total. The Morgan fingerprint density at radius 1 is 1.03 bits per heavy atom. The average molecular weight is 507 g/mol. The molecule has 1 atom stereocenters. The van der Waals surface area contributed by atoms with Crippen molar-refractivity contribution in [2.24, 2.45) is 0 Å². The maximum Gasteiger partial charge on any atom is 0.334 e.